The molecule has 0 rings (SSSR count). The molecule has 6 heteroatoms. The van der Waals surface area contributed by atoms with Crippen LogP contribution in [0, 0.1) is 0 Å². The third-order valence-electron chi connectivity index (χ3n) is 10.7. The summed E-state index contributed by atoms with van der Waals surface area (Å²) in [5, 5.41) is 0. The maximum absolute atomic E-state index is 12.8. The van der Waals surface area contributed by atoms with Gasteiger partial charge in [0.1, 0.15) is 13.2 Å². The zero-order valence-corrected chi connectivity index (χ0v) is 43.3. The van der Waals surface area contributed by atoms with E-state index in [2.05, 4.69) is 130 Å². The summed E-state index contributed by atoms with van der Waals surface area (Å²) in [5.41, 5.74) is 0. The van der Waals surface area contributed by atoms with Crippen LogP contribution in [0.25, 0.3) is 0 Å². The zero-order chi connectivity index (χ0) is 49.3. The number of carbonyl (C=O) groups excluding carboxylic acids is 3. The van der Waals surface area contributed by atoms with Gasteiger partial charge < -0.3 is 14.2 Å². The molecule has 0 aliphatic heterocycles. The van der Waals surface area contributed by atoms with Crippen molar-refractivity contribution < 1.29 is 28.6 Å². The van der Waals surface area contributed by atoms with E-state index in [1.54, 1.807) is 0 Å². The van der Waals surface area contributed by atoms with E-state index in [0.717, 1.165) is 122 Å². The van der Waals surface area contributed by atoms with Gasteiger partial charge in [-0.05, 0) is 103 Å². The molecule has 0 bridgehead atoms. The molecular weight excluding hydrogens is 841 g/mol. The van der Waals surface area contributed by atoms with E-state index in [9.17, 15) is 14.4 Å². The lowest BCUT2D eigenvalue weighted by Gasteiger charge is -2.18. The number of carbonyl (C=O) groups is 3. The number of ether oxygens (including phenoxy) is 3. The van der Waals surface area contributed by atoms with Gasteiger partial charge in [-0.25, -0.2) is 0 Å². The molecule has 0 saturated heterocycles. The molecule has 380 valence electrons. The Hall–Kier alpha value is -4.71. The first-order valence-electron chi connectivity index (χ1n) is 26.9. The van der Waals surface area contributed by atoms with Gasteiger partial charge in [0.25, 0.3) is 0 Å². The molecule has 1 atom stereocenters. The lowest BCUT2D eigenvalue weighted by molar-refractivity contribution is -0.167. The average Bonchev–Trinajstić information content (AvgIpc) is 3.34. The molecule has 0 amide bonds. The SMILES string of the molecule is CC/C=C\C/C=C\C/C=C\C/C=C\C/C=C\CCCC(=O)OC(COC(=O)CCCCCCC\C=C/C=C\C=C/C=C\C=C/CCC)COC(=O)CCCCCCCC/C=C\C=C/CCCCC. The van der Waals surface area contributed by atoms with E-state index in [4.69, 9.17) is 14.2 Å². The fraction of sp³-hybridized carbons (Fsp3) is 0.565. The Balaban J connectivity index is 4.59. The van der Waals surface area contributed by atoms with Crippen LogP contribution in [-0.4, -0.2) is 37.2 Å². The summed E-state index contributed by atoms with van der Waals surface area (Å²) in [6, 6.07) is 0. The van der Waals surface area contributed by atoms with E-state index >= 15 is 0 Å². The van der Waals surface area contributed by atoms with Crippen molar-refractivity contribution in [1.82, 2.24) is 0 Å². The first-order chi connectivity index (χ1) is 33.5. The molecule has 0 aromatic heterocycles. The van der Waals surface area contributed by atoms with Gasteiger partial charge in [0.2, 0.25) is 0 Å². The van der Waals surface area contributed by atoms with Gasteiger partial charge in [-0.2, -0.15) is 0 Å². The van der Waals surface area contributed by atoms with E-state index < -0.39 is 6.10 Å². The molecule has 1 unspecified atom stereocenters. The van der Waals surface area contributed by atoms with Crippen LogP contribution in [0.2, 0.25) is 0 Å². The summed E-state index contributed by atoms with van der Waals surface area (Å²) in [4.78, 5) is 38.1. The van der Waals surface area contributed by atoms with E-state index in [1.807, 2.05) is 36.5 Å². The van der Waals surface area contributed by atoms with Crippen molar-refractivity contribution in [2.24, 2.45) is 0 Å². The van der Waals surface area contributed by atoms with Crippen LogP contribution in [0.5, 0.6) is 0 Å². The summed E-state index contributed by atoms with van der Waals surface area (Å²) in [6.45, 7) is 6.31. The Morgan fingerprint density at radius 1 is 0.324 bits per heavy atom. The molecule has 0 aromatic rings. The highest BCUT2D eigenvalue weighted by atomic mass is 16.6. The standard InChI is InChI=1S/C62H96O6/c1-4-7-10-13-16-19-22-25-28-30-32-34-37-40-43-46-49-52-55-61(64)67-58-59(57-66-60(63)54-51-48-45-42-39-36-33-27-24-21-18-15-12-9-6-3)68-62(65)56-53-50-47-44-41-38-35-31-29-26-23-20-17-14-11-8-5-2/h8,10-11,13,16-22,24-30,32,34-35,38,44,47,59H,4-7,9,12,14-15,23,31,33,36-37,39-43,45-46,48-58H2,1-3H3/b11-8-,13-10-,19-16-,20-17-,21-18-,25-22-,27-24-,29-26-,30-28-,34-32-,38-35-,47-44-. The summed E-state index contributed by atoms with van der Waals surface area (Å²) < 4.78 is 16.7. The van der Waals surface area contributed by atoms with Crippen molar-refractivity contribution in [1.29, 1.82) is 0 Å². The summed E-state index contributed by atoms with van der Waals surface area (Å²) in [5.74, 6) is -1.03. The fourth-order valence-electron chi connectivity index (χ4n) is 6.67. The van der Waals surface area contributed by atoms with Gasteiger partial charge >= 0.3 is 17.9 Å². The molecule has 0 N–H and O–H groups in total. The number of rotatable bonds is 46. The monoisotopic (exact) mass is 937 g/mol. The van der Waals surface area contributed by atoms with Crippen LogP contribution in [0.4, 0.5) is 0 Å². The number of allylic oxidation sites excluding steroid dienone is 24. The summed E-state index contributed by atoms with van der Waals surface area (Å²) >= 11 is 0. The van der Waals surface area contributed by atoms with Crippen LogP contribution in [0.1, 0.15) is 207 Å². The molecule has 6 nitrogen and oxygen atoms in total. The van der Waals surface area contributed by atoms with Crippen molar-refractivity contribution in [3.8, 4) is 0 Å². The molecule has 0 radical (unpaired) electrons. The van der Waals surface area contributed by atoms with Gasteiger partial charge in [-0.1, -0.05) is 231 Å². The van der Waals surface area contributed by atoms with Crippen LogP contribution in [-0.2, 0) is 28.6 Å². The lowest BCUT2D eigenvalue weighted by atomic mass is 10.1. The predicted octanol–water partition coefficient (Wildman–Crippen LogP) is 18.0. The van der Waals surface area contributed by atoms with Gasteiger partial charge in [-0.3, -0.25) is 14.4 Å². The Bertz CT molecular complexity index is 1540. The lowest BCUT2D eigenvalue weighted by Crippen LogP contribution is -2.30. The second-order valence-electron chi connectivity index (χ2n) is 17.2. The van der Waals surface area contributed by atoms with Crippen LogP contribution < -0.4 is 0 Å². The molecule has 68 heavy (non-hydrogen) atoms. The van der Waals surface area contributed by atoms with Crippen molar-refractivity contribution in [3.05, 3.63) is 146 Å². The van der Waals surface area contributed by atoms with Gasteiger partial charge in [-0.15, -0.1) is 0 Å². The normalized spacial score (nSPS) is 13.3. The third-order valence-corrected chi connectivity index (χ3v) is 10.7. The molecule has 0 saturated carbocycles. The smallest absolute Gasteiger partial charge is 0.306 e. The Morgan fingerprint density at radius 3 is 1.13 bits per heavy atom. The van der Waals surface area contributed by atoms with Gasteiger partial charge in [0, 0.05) is 19.3 Å². The number of hydrogen-bond donors (Lipinski definition) is 0. The highest BCUT2D eigenvalue weighted by molar-refractivity contribution is 5.71. The molecule has 0 aliphatic rings. The summed E-state index contributed by atoms with van der Waals surface area (Å²) in [6.07, 6.45) is 78.2. The molecular formula is C62H96O6. The maximum Gasteiger partial charge on any atom is 0.306 e. The van der Waals surface area contributed by atoms with E-state index in [1.165, 1.54) is 38.5 Å². The zero-order valence-electron chi connectivity index (χ0n) is 43.3. The van der Waals surface area contributed by atoms with E-state index in [0.29, 0.717) is 19.3 Å². The topological polar surface area (TPSA) is 78.9 Å². The molecule has 0 aliphatic carbocycles. The molecule has 0 fully saturated rings. The van der Waals surface area contributed by atoms with Crippen molar-refractivity contribution in [2.75, 3.05) is 13.2 Å². The largest absolute Gasteiger partial charge is 0.462 e. The van der Waals surface area contributed by atoms with Crippen LogP contribution in [0.3, 0.4) is 0 Å². The molecule has 0 heterocycles. The maximum atomic E-state index is 12.8. The third kappa shape index (κ3) is 52.3. The van der Waals surface area contributed by atoms with Gasteiger partial charge in [0.15, 0.2) is 6.10 Å². The first-order valence-corrected chi connectivity index (χ1v) is 26.9. The minimum atomic E-state index is -0.830. The first kappa shape index (κ1) is 63.3. The Morgan fingerprint density at radius 2 is 0.676 bits per heavy atom. The van der Waals surface area contributed by atoms with Crippen LogP contribution in [0.15, 0.2) is 146 Å². The Kier molecular flexibility index (Phi) is 51.1. The highest BCUT2D eigenvalue weighted by Crippen LogP contribution is 2.12. The second kappa shape index (κ2) is 54.9. The highest BCUT2D eigenvalue weighted by Gasteiger charge is 2.19. The minimum absolute atomic E-state index is 0.122. The molecule has 0 aromatic carbocycles. The number of esters is 3. The minimum Gasteiger partial charge on any atom is -0.462 e. The van der Waals surface area contributed by atoms with E-state index in [-0.39, 0.29) is 37.5 Å². The van der Waals surface area contributed by atoms with Crippen molar-refractivity contribution >= 4 is 17.9 Å². The average molecular weight is 937 g/mol. The van der Waals surface area contributed by atoms with Crippen molar-refractivity contribution in [2.45, 2.75) is 213 Å². The van der Waals surface area contributed by atoms with Crippen molar-refractivity contribution in [3.63, 3.8) is 0 Å². The number of unbranched alkanes of at least 4 members (excludes halogenated alkanes) is 16. The quantitative estimate of drug-likeness (QED) is 0.0199. The number of hydrogen-bond acceptors (Lipinski definition) is 6. The van der Waals surface area contributed by atoms with Gasteiger partial charge in [0.05, 0.1) is 0 Å². The molecule has 0 spiro atoms. The predicted molar refractivity (Wildman–Crippen MR) is 292 cm³/mol. The Labute approximate surface area is 417 Å². The summed E-state index contributed by atoms with van der Waals surface area (Å²) in [7, 11) is 0. The van der Waals surface area contributed by atoms with Crippen LogP contribution >= 0.6 is 0 Å². The fourth-order valence-corrected chi connectivity index (χ4v) is 6.67. The second-order valence-corrected chi connectivity index (χ2v) is 17.2.